The summed E-state index contributed by atoms with van der Waals surface area (Å²) in [4.78, 5) is 15.5. The molecule has 3 atom stereocenters. The summed E-state index contributed by atoms with van der Waals surface area (Å²) in [6.45, 7) is 8.28. The standard InChI is InChI=1S/C25H31NO3Si/c1-30(2,3)22-9-4-17(5-10-22)19-14-20-7-8-21(15-19)26(20)25(27)18-6-11-23-24(16-18)29-13-12-28-23/h4-6,9-11,16,19-21H,7-8,12-15H2,1-3H3/t19-,20+,21-. The van der Waals surface area contributed by atoms with Gasteiger partial charge in [-0.3, -0.25) is 4.79 Å². The van der Waals surface area contributed by atoms with E-state index in [1.165, 1.54) is 10.8 Å². The summed E-state index contributed by atoms with van der Waals surface area (Å²) in [7, 11) is -1.27. The molecule has 0 radical (unpaired) electrons. The molecule has 0 aliphatic carbocycles. The van der Waals surface area contributed by atoms with Crippen molar-refractivity contribution in [1.82, 2.24) is 4.90 Å². The fourth-order valence-corrected chi connectivity index (χ4v) is 6.53. The third-order valence-electron chi connectivity index (χ3n) is 7.00. The Morgan fingerprint density at radius 1 is 0.900 bits per heavy atom. The molecule has 0 N–H and O–H groups in total. The predicted molar refractivity (Wildman–Crippen MR) is 122 cm³/mol. The fourth-order valence-electron chi connectivity index (χ4n) is 5.36. The van der Waals surface area contributed by atoms with Crippen molar-refractivity contribution in [1.29, 1.82) is 0 Å². The molecule has 2 saturated heterocycles. The summed E-state index contributed by atoms with van der Waals surface area (Å²) < 4.78 is 11.3. The molecule has 2 aromatic carbocycles. The number of piperidine rings is 1. The van der Waals surface area contributed by atoms with Crippen LogP contribution in [0.4, 0.5) is 0 Å². The van der Waals surface area contributed by atoms with Crippen LogP contribution >= 0.6 is 0 Å². The minimum absolute atomic E-state index is 0.145. The molecule has 0 spiro atoms. The molecular formula is C25H31NO3Si. The number of carbonyl (C=O) groups is 1. The second-order valence-corrected chi connectivity index (χ2v) is 15.1. The Morgan fingerprint density at radius 2 is 1.53 bits per heavy atom. The Balaban J connectivity index is 1.33. The number of nitrogens with zero attached hydrogens (tertiary/aromatic N) is 1. The molecule has 5 rings (SSSR count). The van der Waals surface area contributed by atoms with Gasteiger partial charge in [0.15, 0.2) is 11.5 Å². The van der Waals surface area contributed by atoms with E-state index in [0.717, 1.165) is 31.4 Å². The van der Waals surface area contributed by atoms with Gasteiger partial charge in [0.2, 0.25) is 0 Å². The predicted octanol–water partition coefficient (Wildman–Crippen LogP) is 4.55. The van der Waals surface area contributed by atoms with E-state index in [1.807, 2.05) is 18.2 Å². The minimum atomic E-state index is -1.27. The van der Waals surface area contributed by atoms with Gasteiger partial charge in [-0.25, -0.2) is 0 Å². The lowest BCUT2D eigenvalue weighted by Gasteiger charge is -2.39. The highest BCUT2D eigenvalue weighted by Gasteiger charge is 2.43. The Hall–Kier alpha value is -2.27. The van der Waals surface area contributed by atoms with Gasteiger partial charge in [-0.15, -0.1) is 0 Å². The highest BCUT2D eigenvalue weighted by molar-refractivity contribution is 6.88. The van der Waals surface area contributed by atoms with Crippen LogP contribution in [0.25, 0.3) is 0 Å². The molecular weight excluding hydrogens is 390 g/mol. The molecule has 1 amide bonds. The van der Waals surface area contributed by atoms with Gasteiger partial charge in [0.1, 0.15) is 13.2 Å². The summed E-state index contributed by atoms with van der Waals surface area (Å²) in [5.41, 5.74) is 2.16. The van der Waals surface area contributed by atoms with Crippen LogP contribution in [0.15, 0.2) is 42.5 Å². The number of hydrogen-bond donors (Lipinski definition) is 0. The number of fused-ring (bicyclic) bond motifs is 3. The van der Waals surface area contributed by atoms with E-state index in [9.17, 15) is 4.79 Å². The highest BCUT2D eigenvalue weighted by atomic mass is 28.3. The molecule has 3 aliphatic rings. The number of hydrogen-bond acceptors (Lipinski definition) is 3. The Labute approximate surface area is 180 Å². The van der Waals surface area contributed by atoms with Gasteiger partial charge >= 0.3 is 0 Å². The van der Waals surface area contributed by atoms with Crippen LogP contribution < -0.4 is 14.7 Å². The van der Waals surface area contributed by atoms with Crippen molar-refractivity contribution in [2.45, 2.75) is 63.3 Å². The topological polar surface area (TPSA) is 38.8 Å². The Morgan fingerprint density at radius 3 is 2.17 bits per heavy atom. The van der Waals surface area contributed by atoms with E-state index >= 15 is 0 Å². The molecule has 158 valence electrons. The molecule has 2 bridgehead atoms. The van der Waals surface area contributed by atoms with Crippen molar-refractivity contribution in [3.8, 4) is 11.5 Å². The van der Waals surface area contributed by atoms with Crippen LogP contribution in [0.1, 0.15) is 47.5 Å². The largest absolute Gasteiger partial charge is 0.486 e. The van der Waals surface area contributed by atoms with Crippen LogP contribution in [0.3, 0.4) is 0 Å². The zero-order valence-electron chi connectivity index (χ0n) is 18.2. The molecule has 0 saturated carbocycles. The summed E-state index contributed by atoms with van der Waals surface area (Å²) in [6, 6.07) is 15.7. The van der Waals surface area contributed by atoms with Crippen molar-refractivity contribution >= 4 is 19.2 Å². The number of ether oxygens (including phenoxy) is 2. The maximum absolute atomic E-state index is 13.4. The summed E-state index contributed by atoms with van der Waals surface area (Å²) >= 11 is 0. The zero-order chi connectivity index (χ0) is 20.9. The van der Waals surface area contributed by atoms with Gasteiger partial charge in [0.25, 0.3) is 5.91 Å². The first-order chi connectivity index (χ1) is 14.4. The number of benzene rings is 2. The van der Waals surface area contributed by atoms with E-state index < -0.39 is 8.07 Å². The van der Waals surface area contributed by atoms with Crippen molar-refractivity contribution in [2.24, 2.45) is 0 Å². The second kappa shape index (κ2) is 7.45. The van der Waals surface area contributed by atoms with Crippen LogP contribution in [-0.2, 0) is 0 Å². The normalized spacial score (nSPS) is 25.3. The molecule has 2 fully saturated rings. The molecule has 0 unspecified atom stereocenters. The summed E-state index contributed by atoms with van der Waals surface area (Å²) in [5, 5.41) is 1.51. The van der Waals surface area contributed by atoms with E-state index in [2.05, 4.69) is 48.8 Å². The van der Waals surface area contributed by atoms with Gasteiger partial charge in [-0.2, -0.15) is 0 Å². The third-order valence-corrected chi connectivity index (χ3v) is 9.07. The fraction of sp³-hybridized carbons (Fsp3) is 0.480. The summed E-state index contributed by atoms with van der Waals surface area (Å²) in [5.74, 6) is 2.13. The molecule has 3 aliphatic heterocycles. The maximum Gasteiger partial charge on any atom is 0.254 e. The first kappa shape index (κ1) is 19.7. The lowest BCUT2D eigenvalue weighted by atomic mass is 9.85. The maximum atomic E-state index is 13.4. The number of amides is 1. The monoisotopic (exact) mass is 421 g/mol. The van der Waals surface area contributed by atoms with Crippen molar-refractivity contribution in [3.63, 3.8) is 0 Å². The molecule has 30 heavy (non-hydrogen) atoms. The quantitative estimate of drug-likeness (QED) is 0.682. The lowest BCUT2D eigenvalue weighted by Crippen LogP contribution is -2.46. The van der Waals surface area contributed by atoms with Gasteiger partial charge in [-0.05, 0) is 55.4 Å². The Kier molecular flexibility index (Phi) is 4.89. The van der Waals surface area contributed by atoms with Crippen LogP contribution in [-0.4, -0.2) is 44.2 Å². The smallest absolute Gasteiger partial charge is 0.254 e. The first-order valence-electron chi connectivity index (χ1n) is 11.2. The van der Waals surface area contributed by atoms with E-state index in [0.29, 0.717) is 42.5 Å². The first-order valence-corrected chi connectivity index (χ1v) is 14.7. The number of rotatable bonds is 3. The molecule has 3 heterocycles. The molecule has 5 heteroatoms. The van der Waals surface area contributed by atoms with E-state index in [4.69, 9.17) is 9.47 Å². The second-order valence-electron chi connectivity index (χ2n) is 10.00. The van der Waals surface area contributed by atoms with Gasteiger partial charge in [-0.1, -0.05) is 49.1 Å². The summed E-state index contributed by atoms with van der Waals surface area (Å²) in [6.07, 6.45) is 4.37. The van der Waals surface area contributed by atoms with Crippen molar-refractivity contribution in [3.05, 3.63) is 53.6 Å². The molecule has 4 nitrogen and oxygen atoms in total. The van der Waals surface area contributed by atoms with Gasteiger partial charge in [0, 0.05) is 17.6 Å². The highest BCUT2D eigenvalue weighted by Crippen LogP contribution is 2.44. The average molecular weight is 422 g/mol. The zero-order valence-corrected chi connectivity index (χ0v) is 19.2. The van der Waals surface area contributed by atoms with Gasteiger partial charge < -0.3 is 14.4 Å². The van der Waals surface area contributed by atoms with Crippen LogP contribution in [0, 0.1) is 0 Å². The van der Waals surface area contributed by atoms with E-state index in [1.54, 1.807) is 0 Å². The Bertz CT molecular complexity index is 936. The minimum Gasteiger partial charge on any atom is -0.486 e. The molecule has 2 aromatic rings. The van der Waals surface area contributed by atoms with Crippen LogP contribution in [0.2, 0.25) is 19.6 Å². The van der Waals surface area contributed by atoms with Crippen molar-refractivity contribution < 1.29 is 14.3 Å². The third kappa shape index (κ3) is 3.53. The molecule has 0 aromatic heterocycles. The lowest BCUT2D eigenvalue weighted by molar-refractivity contribution is 0.0570. The van der Waals surface area contributed by atoms with Crippen LogP contribution in [0.5, 0.6) is 11.5 Å². The van der Waals surface area contributed by atoms with E-state index in [-0.39, 0.29) is 5.91 Å². The van der Waals surface area contributed by atoms with Crippen molar-refractivity contribution in [2.75, 3.05) is 13.2 Å². The number of carbonyl (C=O) groups excluding carboxylic acids is 1. The average Bonchev–Trinajstić information content (AvgIpc) is 3.01. The SMILES string of the molecule is C[Si](C)(C)c1ccc([C@H]2C[C@H]3CC[C@@H](C2)N3C(=O)c2ccc3c(c2)OCCO3)cc1. The van der Waals surface area contributed by atoms with Gasteiger partial charge in [0.05, 0.1) is 8.07 Å².